The molecule has 5 heteroatoms. The third kappa shape index (κ3) is 4.26. The maximum absolute atomic E-state index is 12.2. The van der Waals surface area contributed by atoms with Crippen LogP contribution in [0.5, 0.6) is 0 Å². The van der Waals surface area contributed by atoms with Gasteiger partial charge < -0.3 is 10.6 Å². The van der Waals surface area contributed by atoms with Crippen LogP contribution in [0.1, 0.15) is 34.5 Å². The molecule has 1 aromatic heterocycles. The van der Waals surface area contributed by atoms with Crippen LogP contribution in [0, 0.1) is 5.92 Å². The number of anilines is 1. The van der Waals surface area contributed by atoms with Crippen LogP contribution < -0.4 is 10.6 Å². The number of hydrogen-bond donors (Lipinski definition) is 2. The summed E-state index contributed by atoms with van der Waals surface area (Å²) in [7, 11) is 0. The highest BCUT2D eigenvalue weighted by Gasteiger charge is 2.26. The molecule has 0 fully saturated rings. The fraction of sp³-hybridized carbons (Fsp3) is 0.217. The van der Waals surface area contributed by atoms with Gasteiger partial charge in [-0.3, -0.25) is 9.78 Å². The van der Waals surface area contributed by atoms with E-state index in [-0.39, 0.29) is 5.91 Å². The number of hydrogen-bond acceptors (Lipinski definition) is 4. The standard InChI is InChI=1S/C23H23N3OS/c1-16-15-28-21-5-3-2-4-20(21)22(16)25-14-17-6-8-19(9-7-17)26-23(27)18-10-12-24-13-11-18/h2-13,16,22,25H,14-15H2,1H3,(H,26,27). The minimum atomic E-state index is -0.126. The summed E-state index contributed by atoms with van der Waals surface area (Å²) in [6.45, 7) is 3.10. The van der Waals surface area contributed by atoms with Crippen molar-refractivity contribution in [3.8, 4) is 0 Å². The predicted octanol–water partition coefficient (Wildman–Crippen LogP) is 4.91. The summed E-state index contributed by atoms with van der Waals surface area (Å²) in [5.74, 6) is 1.59. The van der Waals surface area contributed by atoms with Gasteiger partial charge in [0.05, 0.1) is 0 Å². The average Bonchev–Trinajstić information content (AvgIpc) is 2.75. The van der Waals surface area contributed by atoms with E-state index in [4.69, 9.17) is 0 Å². The van der Waals surface area contributed by atoms with Crippen LogP contribution in [0.4, 0.5) is 5.69 Å². The van der Waals surface area contributed by atoms with Gasteiger partial charge in [-0.15, -0.1) is 11.8 Å². The largest absolute Gasteiger partial charge is 0.322 e. The zero-order chi connectivity index (χ0) is 19.3. The topological polar surface area (TPSA) is 54.0 Å². The van der Waals surface area contributed by atoms with Gasteiger partial charge >= 0.3 is 0 Å². The molecule has 1 amide bonds. The molecule has 2 N–H and O–H groups in total. The molecule has 1 aliphatic heterocycles. The Kier molecular flexibility index (Phi) is 5.74. The maximum atomic E-state index is 12.2. The fourth-order valence-electron chi connectivity index (χ4n) is 3.44. The lowest BCUT2D eigenvalue weighted by molar-refractivity contribution is 0.102. The molecule has 0 saturated heterocycles. The van der Waals surface area contributed by atoms with Crippen LogP contribution in [0.3, 0.4) is 0 Å². The highest BCUT2D eigenvalue weighted by Crippen LogP contribution is 2.39. The van der Waals surface area contributed by atoms with Crippen LogP contribution in [0.2, 0.25) is 0 Å². The highest BCUT2D eigenvalue weighted by atomic mass is 32.2. The molecule has 2 heterocycles. The van der Waals surface area contributed by atoms with Gasteiger partial charge in [-0.05, 0) is 47.4 Å². The number of pyridine rings is 1. The molecule has 0 spiro atoms. The molecule has 28 heavy (non-hydrogen) atoms. The van der Waals surface area contributed by atoms with E-state index in [9.17, 15) is 4.79 Å². The predicted molar refractivity (Wildman–Crippen MR) is 115 cm³/mol. The Morgan fingerprint density at radius 2 is 1.82 bits per heavy atom. The van der Waals surface area contributed by atoms with E-state index in [0.29, 0.717) is 17.5 Å². The Morgan fingerprint density at radius 1 is 1.07 bits per heavy atom. The number of nitrogens with one attached hydrogen (secondary N) is 2. The summed E-state index contributed by atoms with van der Waals surface area (Å²) < 4.78 is 0. The molecule has 0 radical (unpaired) electrons. The lowest BCUT2D eigenvalue weighted by Crippen LogP contribution is -2.30. The molecule has 142 valence electrons. The van der Waals surface area contributed by atoms with Crippen molar-refractivity contribution in [3.63, 3.8) is 0 Å². The molecule has 3 aromatic rings. The number of carbonyl (C=O) groups excluding carboxylic acids is 1. The Hall–Kier alpha value is -2.63. The lowest BCUT2D eigenvalue weighted by Gasteiger charge is -2.31. The molecule has 0 bridgehead atoms. The quantitative estimate of drug-likeness (QED) is 0.651. The van der Waals surface area contributed by atoms with Gasteiger partial charge in [0.2, 0.25) is 0 Å². The number of amides is 1. The van der Waals surface area contributed by atoms with Crippen LogP contribution in [0.15, 0.2) is 78.0 Å². The SMILES string of the molecule is CC1CSc2ccccc2C1NCc1ccc(NC(=O)c2ccncc2)cc1. The summed E-state index contributed by atoms with van der Waals surface area (Å²) in [5, 5.41) is 6.64. The number of fused-ring (bicyclic) bond motifs is 1. The van der Waals surface area contributed by atoms with Crippen molar-refractivity contribution < 1.29 is 4.79 Å². The van der Waals surface area contributed by atoms with Gasteiger partial charge in [-0.2, -0.15) is 0 Å². The number of carbonyl (C=O) groups is 1. The van der Waals surface area contributed by atoms with Crippen molar-refractivity contribution in [3.05, 3.63) is 89.7 Å². The van der Waals surface area contributed by atoms with Crippen LogP contribution >= 0.6 is 11.8 Å². The normalized spacial score (nSPS) is 18.3. The van der Waals surface area contributed by atoms with Gasteiger partial charge in [-0.1, -0.05) is 37.3 Å². The van der Waals surface area contributed by atoms with Crippen molar-refractivity contribution in [2.75, 3.05) is 11.1 Å². The summed E-state index contributed by atoms with van der Waals surface area (Å²) in [6, 6.07) is 20.5. The summed E-state index contributed by atoms with van der Waals surface area (Å²) in [5.41, 5.74) is 3.99. The summed E-state index contributed by atoms with van der Waals surface area (Å²) >= 11 is 1.94. The second kappa shape index (κ2) is 8.59. The van der Waals surface area contributed by atoms with Crippen LogP contribution in [0.25, 0.3) is 0 Å². The Bertz CT molecular complexity index is 944. The van der Waals surface area contributed by atoms with E-state index in [2.05, 4.69) is 58.9 Å². The van der Waals surface area contributed by atoms with Crippen molar-refractivity contribution in [1.82, 2.24) is 10.3 Å². The molecule has 2 atom stereocenters. The van der Waals surface area contributed by atoms with Gasteiger partial charge in [0.1, 0.15) is 0 Å². The van der Waals surface area contributed by atoms with Crippen molar-refractivity contribution >= 4 is 23.4 Å². The van der Waals surface area contributed by atoms with Gasteiger partial charge in [0, 0.05) is 46.9 Å². The third-order valence-electron chi connectivity index (χ3n) is 5.01. The van der Waals surface area contributed by atoms with E-state index in [1.165, 1.54) is 16.0 Å². The number of nitrogens with zero attached hydrogens (tertiary/aromatic N) is 1. The smallest absolute Gasteiger partial charge is 0.255 e. The molecular weight excluding hydrogens is 366 g/mol. The third-order valence-corrected chi connectivity index (χ3v) is 6.38. The lowest BCUT2D eigenvalue weighted by atomic mass is 9.95. The maximum Gasteiger partial charge on any atom is 0.255 e. The average molecular weight is 390 g/mol. The summed E-state index contributed by atoms with van der Waals surface area (Å²) in [6.07, 6.45) is 3.24. The number of benzene rings is 2. The van der Waals surface area contributed by atoms with E-state index in [1.54, 1.807) is 24.5 Å². The van der Waals surface area contributed by atoms with Gasteiger partial charge in [0.15, 0.2) is 0 Å². The molecule has 1 aliphatic rings. The monoisotopic (exact) mass is 389 g/mol. The highest BCUT2D eigenvalue weighted by molar-refractivity contribution is 7.99. The first-order valence-corrected chi connectivity index (χ1v) is 10.4. The van der Waals surface area contributed by atoms with Crippen LogP contribution in [-0.4, -0.2) is 16.6 Å². The molecule has 0 aliphatic carbocycles. The minimum Gasteiger partial charge on any atom is -0.322 e. The first-order chi connectivity index (χ1) is 13.7. The van der Waals surface area contributed by atoms with Crippen molar-refractivity contribution in [2.45, 2.75) is 24.4 Å². The second-order valence-electron chi connectivity index (χ2n) is 7.07. The minimum absolute atomic E-state index is 0.126. The van der Waals surface area contributed by atoms with Crippen LogP contribution in [-0.2, 0) is 6.54 Å². The van der Waals surface area contributed by atoms with Crippen molar-refractivity contribution in [1.29, 1.82) is 0 Å². The van der Waals surface area contributed by atoms with E-state index in [1.807, 2.05) is 23.9 Å². The molecule has 2 unspecified atom stereocenters. The van der Waals surface area contributed by atoms with E-state index >= 15 is 0 Å². The number of rotatable bonds is 5. The molecule has 0 saturated carbocycles. The zero-order valence-electron chi connectivity index (χ0n) is 15.8. The second-order valence-corrected chi connectivity index (χ2v) is 8.13. The first-order valence-electron chi connectivity index (χ1n) is 9.46. The fourth-order valence-corrected chi connectivity index (χ4v) is 4.62. The number of aromatic nitrogens is 1. The van der Waals surface area contributed by atoms with Gasteiger partial charge in [0.25, 0.3) is 5.91 Å². The molecule has 2 aromatic carbocycles. The molecule has 4 nitrogen and oxygen atoms in total. The summed E-state index contributed by atoms with van der Waals surface area (Å²) in [4.78, 5) is 17.5. The Labute approximate surface area is 169 Å². The number of thioether (sulfide) groups is 1. The molecular formula is C23H23N3OS. The molecule has 4 rings (SSSR count). The van der Waals surface area contributed by atoms with E-state index < -0.39 is 0 Å². The Balaban J connectivity index is 1.38. The van der Waals surface area contributed by atoms with Gasteiger partial charge in [-0.25, -0.2) is 0 Å². The van der Waals surface area contributed by atoms with E-state index in [0.717, 1.165) is 18.0 Å². The first kappa shape index (κ1) is 18.7. The van der Waals surface area contributed by atoms with Crippen molar-refractivity contribution in [2.24, 2.45) is 5.92 Å². The zero-order valence-corrected chi connectivity index (χ0v) is 16.6. The Morgan fingerprint density at radius 3 is 2.61 bits per heavy atom.